The van der Waals surface area contributed by atoms with Crippen molar-refractivity contribution in [2.24, 2.45) is 0 Å². The number of para-hydroxylation sites is 1. The molecule has 0 aliphatic carbocycles. The van der Waals surface area contributed by atoms with Crippen molar-refractivity contribution in [3.05, 3.63) is 23.8 Å². The average molecular weight is 375 g/mol. The molecular weight excluding hydrogens is 346 g/mol. The number of aryl methyl sites for hydroxylation is 1. The highest BCUT2D eigenvalue weighted by atomic mass is 16.5. The molecule has 4 unspecified atom stereocenters. The van der Waals surface area contributed by atoms with Crippen LogP contribution < -0.4 is 15.4 Å². The third kappa shape index (κ3) is 3.99. The van der Waals surface area contributed by atoms with Gasteiger partial charge < -0.3 is 30.5 Å². The van der Waals surface area contributed by atoms with Crippen LogP contribution in [0.4, 0.5) is 4.79 Å². The van der Waals surface area contributed by atoms with Gasteiger partial charge >= 0.3 is 6.03 Å². The first-order chi connectivity index (χ1) is 13.1. The van der Waals surface area contributed by atoms with E-state index in [9.17, 15) is 15.0 Å². The number of rotatable bonds is 4. The number of phenolic OH excluding ortho intramolecular Hbond substituents is 1. The van der Waals surface area contributed by atoms with Gasteiger partial charge in [-0.25, -0.2) is 4.79 Å². The first-order valence-electron chi connectivity index (χ1n) is 10.0. The SMILES string of the molecule is O=C1NCCCN1C1CCNC(CC(O)C2CCc3cccc(O)c3O2)C1. The number of carbonyl (C=O) groups is 1. The van der Waals surface area contributed by atoms with Crippen LogP contribution in [0.15, 0.2) is 18.2 Å². The predicted octanol–water partition coefficient (Wildman–Crippen LogP) is 1.37. The summed E-state index contributed by atoms with van der Waals surface area (Å²) in [4.78, 5) is 14.1. The molecule has 7 nitrogen and oxygen atoms in total. The Morgan fingerprint density at radius 3 is 3.04 bits per heavy atom. The van der Waals surface area contributed by atoms with E-state index in [0.717, 1.165) is 57.3 Å². The minimum absolute atomic E-state index is 0.0372. The zero-order valence-corrected chi connectivity index (χ0v) is 15.6. The number of carbonyl (C=O) groups excluding carboxylic acids is 1. The Balaban J connectivity index is 1.35. The van der Waals surface area contributed by atoms with Crippen molar-refractivity contribution in [3.8, 4) is 11.5 Å². The fraction of sp³-hybridized carbons (Fsp3) is 0.650. The van der Waals surface area contributed by atoms with Crippen molar-refractivity contribution in [3.63, 3.8) is 0 Å². The molecule has 2 saturated heterocycles. The van der Waals surface area contributed by atoms with Gasteiger partial charge in [-0.05, 0) is 56.7 Å². The van der Waals surface area contributed by atoms with E-state index in [1.54, 1.807) is 6.07 Å². The Morgan fingerprint density at radius 1 is 1.30 bits per heavy atom. The second-order valence-electron chi connectivity index (χ2n) is 7.87. The van der Waals surface area contributed by atoms with E-state index in [1.165, 1.54) is 0 Å². The molecule has 1 aromatic rings. The Labute approximate surface area is 159 Å². The minimum Gasteiger partial charge on any atom is -0.504 e. The number of nitrogens with zero attached hydrogens (tertiary/aromatic N) is 1. The van der Waals surface area contributed by atoms with Gasteiger partial charge in [0.05, 0.1) is 6.10 Å². The summed E-state index contributed by atoms with van der Waals surface area (Å²) in [6, 6.07) is 5.80. The normalized spacial score (nSPS) is 29.4. The zero-order chi connectivity index (χ0) is 18.8. The summed E-state index contributed by atoms with van der Waals surface area (Å²) in [5.41, 5.74) is 0.991. The van der Waals surface area contributed by atoms with Crippen molar-refractivity contribution in [2.75, 3.05) is 19.6 Å². The van der Waals surface area contributed by atoms with Crippen molar-refractivity contribution >= 4 is 6.03 Å². The third-order valence-electron chi connectivity index (χ3n) is 6.02. The largest absolute Gasteiger partial charge is 0.504 e. The van der Waals surface area contributed by atoms with Gasteiger partial charge in [-0.2, -0.15) is 0 Å². The molecule has 4 rings (SSSR count). The van der Waals surface area contributed by atoms with Crippen LogP contribution in [0.5, 0.6) is 11.5 Å². The summed E-state index contributed by atoms with van der Waals surface area (Å²) in [6.45, 7) is 2.42. The molecule has 2 fully saturated rings. The maximum absolute atomic E-state index is 12.1. The van der Waals surface area contributed by atoms with Crippen LogP contribution in [0.1, 0.15) is 37.7 Å². The summed E-state index contributed by atoms with van der Waals surface area (Å²) >= 11 is 0. The summed E-state index contributed by atoms with van der Waals surface area (Å²) in [5.74, 6) is 0.642. The van der Waals surface area contributed by atoms with Gasteiger partial charge in [0.1, 0.15) is 6.10 Å². The summed E-state index contributed by atoms with van der Waals surface area (Å²) in [6.07, 6.45) is 3.97. The Bertz CT molecular complexity index is 683. The second kappa shape index (κ2) is 7.94. The molecule has 3 aliphatic rings. The summed E-state index contributed by atoms with van der Waals surface area (Å²) in [5, 5.41) is 27.2. The van der Waals surface area contributed by atoms with Crippen LogP contribution in [-0.2, 0) is 6.42 Å². The van der Waals surface area contributed by atoms with Crippen LogP contribution in [-0.4, -0.2) is 65.1 Å². The van der Waals surface area contributed by atoms with Gasteiger partial charge in [-0.3, -0.25) is 0 Å². The number of urea groups is 1. The Kier molecular flexibility index (Phi) is 5.41. The molecule has 0 saturated carbocycles. The van der Waals surface area contributed by atoms with E-state index in [-0.39, 0.29) is 30.0 Å². The van der Waals surface area contributed by atoms with Crippen LogP contribution in [0.3, 0.4) is 0 Å². The number of aromatic hydroxyl groups is 1. The molecule has 27 heavy (non-hydrogen) atoms. The monoisotopic (exact) mass is 375 g/mol. The molecule has 3 aliphatic heterocycles. The first kappa shape index (κ1) is 18.4. The van der Waals surface area contributed by atoms with E-state index >= 15 is 0 Å². The standard InChI is InChI=1S/C20H29N3O4/c24-16-4-1-3-13-5-6-18(27-19(13)16)17(25)12-14-11-15(7-9-21-14)23-10-2-8-22-20(23)26/h1,3-4,14-15,17-18,21,24-25H,2,5-12H2,(H,22,26). The summed E-state index contributed by atoms with van der Waals surface area (Å²) < 4.78 is 5.92. The molecular formula is C20H29N3O4. The van der Waals surface area contributed by atoms with E-state index in [0.29, 0.717) is 12.2 Å². The van der Waals surface area contributed by atoms with Gasteiger partial charge in [0.2, 0.25) is 0 Å². The van der Waals surface area contributed by atoms with E-state index in [1.807, 2.05) is 17.0 Å². The van der Waals surface area contributed by atoms with Crippen molar-refractivity contribution in [1.82, 2.24) is 15.5 Å². The molecule has 3 heterocycles. The number of amides is 2. The van der Waals surface area contributed by atoms with E-state index in [2.05, 4.69) is 10.6 Å². The number of hydrogen-bond acceptors (Lipinski definition) is 5. The van der Waals surface area contributed by atoms with E-state index < -0.39 is 6.10 Å². The van der Waals surface area contributed by atoms with Gasteiger partial charge in [-0.15, -0.1) is 0 Å². The number of benzene rings is 1. The lowest BCUT2D eigenvalue weighted by molar-refractivity contribution is 0.00723. The lowest BCUT2D eigenvalue weighted by Gasteiger charge is -2.41. The van der Waals surface area contributed by atoms with Crippen molar-refractivity contribution in [1.29, 1.82) is 0 Å². The second-order valence-corrected chi connectivity index (χ2v) is 7.87. The number of ether oxygens (including phenoxy) is 1. The summed E-state index contributed by atoms with van der Waals surface area (Å²) in [7, 11) is 0. The van der Waals surface area contributed by atoms with Crippen molar-refractivity contribution in [2.45, 2.75) is 62.8 Å². The predicted molar refractivity (Wildman–Crippen MR) is 101 cm³/mol. The molecule has 0 spiro atoms. The number of phenols is 1. The smallest absolute Gasteiger partial charge is 0.317 e. The fourth-order valence-corrected chi connectivity index (χ4v) is 4.57. The lowest BCUT2D eigenvalue weighted by atomic mass is 9.90. The minimum atomic E-state index is -0.607. The number of aliphatic hydroxyl groups excluding tert-OH is 1. The third-order valence-corrected chi connectivity index (χ3v) is 6.02. The quantitative estimate of drug-likeness (QED) is 0.638. The fourth-order valence-electron chi connectivity index (χ4n) is 4.57. The van der Waals surface area contributed by atoms with Crippen LogP contribution in [0.25, 0.3) is 0 Å². The van der Waals surface area contributed by atoms with Gasteiger partial charge in [0, 0.05) is 25.2 Å². The van der Waals surface area contributed by atoms with Crippen LogP contribution in [0.2, 0.25) is 0 Å². The molecule has 0 bridgehead atoms. The highest BCUT2D eigenvalue weighted by Gasteiger charge is 2.34. The Hall–Kier alpha value is -1.99. The van der Waals surface area contributed by atoms with Gasteiger partial charge in [-0.1, -0.05) is 12.1 Å². The van der Waals surface area contributed by atoms with Gasteiger partial charge in [0.25, 0.3) is 0 Å². The van der Waals surface area contributed by atoms with E-state index in [4.69, 9.17) is 4.74 Å². The first-order valence-corrected chi connectivity index (χ1v) is 10.0. The number of piperidine rings is 1. The molecule has 1 aromatic carbocycles. The maximum atomic E-state index is 12.1. The van der Waals surface area contributed by atoms with Crippen LogP contribution in [0, 0.1) is 0 Å². The van der Waals surface area contributed by atoms with Crippen molar-refractivity contribution < 1.29 is 19.7 Å². The molecule has 0 radical (unpaired) electrons. The highest BCUT2D eigenvalue weighted by Crippen LogP contribution is 2.37. The molecule has 148 valence electrons. The molecule has 7 heteroatoms. The maximum Gasteiger partial charge on any atom is 0.317 e. The zero-order valence-electron chi connectivity index (χ0n) is 15.6. The lowest BCUT2D eigenvalue weighted by Crippen LogP contribution is -2.56. The molecule has 4 N–H and O–H groups in total. The molecule has 0 aromatic heterocycles. The Morgan fingerprint density at radius 2 is 2.19 bits per heavy atom. The number of fused-ring (bicyclic) bond motifs is 1. The van der Waals surface area contributed by atoms with Gasteiger partial charge in [0.15, 0.2) is 11.5 Å². The number of nitrogens with one attached hydrogen (secondary N) is 2. The molecule has 4 atom stereocenters. The number of aliphatic hydroxyl groups is 1. The highest BCUT2D eigenvalue weighted by molar-refractivity contribution is 5.75. The number of hydrogen-bond donors (Lipinski definition) is 4. The van der Waals surface area contributed by atoms with Crippen LogP contribution >= 0.6 is 0 Å². The molecule has 2 amide bonds. The average Bonchev–Trinajstić information content (AvgIpc) is 2.68. The topological polar surface area (TPSA) is 94.1 Å².